The van der Waals surface area contributed by atoms with Gasteiger partial charge in [0, 0.05) is 6.54 Å². The first kappa shape index (κ1) is 11.3. The number of sulfonamides is 1. The topological polar surface area (TPSA) is 72.2 Å². The maximum atomic E-state index is 12.9. The number of hydrogen-bond acceptors (Lipinski definition) is 3. The zero-order valence-electron chi connectivity index (χ0n) is 8.61. The van der Waals surface area contributed by atoms with Crippen molar-refractivity contribution in [1.82, 2.24) is 4.72 Å². The lowest BCUT2D eigenvalue weighted by Gasteiger charge is -2.08. The van der Waals surface area contributed by atoms with Crippen LogP contribution < -0.4 is 10.5 Å². The molecular formula is C10H13FN2O2S. The van der Waals surface area contributed by atoms with Crippen molar-refractivity contribution in [3.63, 3.8) is 0 Å². The van der Waals surface area contributed by atoms with E-state index < -0.39 is 15.8 Å². The molecule has 3 N–H and O–H groups in total. The average Bonchev–Trinajstić information content (AvgIpc) is 3.02. The summed E-state index contributed by atoms with van der Waals surface area (Å²) in [4.78, 5) is -0.187. The van der Waals surface area contributed by atoms with Crippen LogP contribution in [0.5, 0.6) is 0 Å². The van der Waals surface area contributed by atoms with Crippen LogP contribution in [0.2, 0.25) is 0 Å². The van der Waals surface area contributed by atoms with Crippen LogP contribution in [-0.2, 0) is 10.0 Å². The number of anilines is 1. The Kier molecular flexibility index (Phi) is 2.86. The predicted molar refractivity (Wildman–Crippen MR) is 58.7 cm³/mol. The molecule has 16 heavy (non-hydrogen) atoms. The molecule has 88 valence electrons. The van der Waals surface area contributed by atoms with Crippen molar-refractivity contribution in [3.8, 4) is 0 Å². The quantitative estimate of drug-likeness (QED) is 0.779. The van der Waals surface area contributed by atoms with E-state index in [1.54, 1.807) is 0 Å². The molecule has 0 radical (unpaired) electrons. The van der Waals surface area contributed by atoms with Gasteiger partial charge in [-0.15, -0.1) is 0 Å². The minimum Gasteiger partial charge on any atom is -0.398 e. The second kappa shape index (κ2) is 4.03. The van der Waals surface area contributed by atoms with E-state index in [4.69, 9.17) is 5.73 Å². The minimum absolute atomic E-state index is 0.0599. The van der Waals surface area contributed by atoms with E-state index in [-0.39, 0.29) is 10.6 Å². The third kappa shape index (κ3) is 2.51. The standard InChI is InChI=1S/C10H13FN2O2S/c11-8-3-4-9(12)10(5-8)16(14,15)13-6-7-1-2-7/h3-5,7,13H,1-2,6,12H2. The number of nitrogens with two attached hydrogens (primary N) is 1. The maximum Gasteiger partial charge on any atom is 0.242 e. The van der Waals surface area contributed by atoms with Crippen molar-refractivity contribution in [3.05, 3.63) is 24.0 Å². The molecule has 0 saturated heterocycles. The fraction of sp³-hybridized carbons (Fsp3) is 0.400. The zero-order valence-corrected chi connectivity index (χ0v) is 9.43. The highest BCUT2D eigenvalue weighted by Gasteiger charge is 2.25. The molecule has 1 aliphatic carbocycles. The largest absolute Gasteiger partial charge is 0.398 e. The maximum absolute atomic E-state index is 12.9. The monoisotopic (exact) mass is 244 g/mol. The molecule has 0 heterocycles. The van der Waals surface area contributed by atoms with Crippen LogP contribution in [0.4, 0.5) is 10.1 Å². The van der Waals surface area contributed by atoms with Gasteiger partial charge in [-0.2, -0.15) is 0 Å². The molecule has 1 aromatic carbocycles. The Balaban J connectivity index is 2.22. The second-order valence-corrected chi connectivity index (χ2v) is 5.71. The van der Waals surface area contributed by atoms with Crippen LogP contribution in [0.25, 0.3) is 0 Å². The Hall–Kier alpha value is -1.14. The number of rotatable bonds is 4. The molecule has 0 amide bonds. The summed E-state index contributed by atoms with van der Waals surface area (Å²) < 4.78 is 38.9. The number of hydrogen-bond donors (Lipinski definition) is 2. The van der Waals surface area contributed by atoms with Gasteiger partial charge in [0.1, 0.15) is 10.7 Å². The van der Waals surface area contributed by atoms with Gasteiger partial charge in [-0.05, 0) is 37.0 Å². The lowest BCUT2D eigenvalue weighted by molar-refractivity contribution is 0.574. The summed E-state index contributed by atoms with van der Waals surface area (Å²) in [6.45, 7) is 0.401. The zero-order chi connectivity index (χ0) is 11.8. The molecule has 0 aromatic heterocycles. The molecule has 0 spiro atoms. The number of nitrogen functional groups attached to an aromatic ring is 1. The van der Waals surface area contributed by atoms with Crippen molar-refractivity contribution < 1.29 is 12.8 Å². The van der Waals surface area contributed by atoms with E-state index in [2.05, 4.69) is 4.72 Å². The van der Waals surface area contributed by atoms with Crippen LogP contribution in [0.1, 0.15) is 12.8 Å². The molecule has 1 aliphatic rings. The summed E-state index contributed by atoms with van der Waals surface area (Å²) in [5, 5.41) is 0. The van der Waals surface area contributed by atoms with Crippen molar-refractivity contribution in [1.29, 1.82) is 0 Å². The molecule has 6 heteroatoms. The van der Waals surface area contributed by atoms with Gasteiger partial charge in [0.2, 0.25) is 10.0 Å². The summed E-state index contributed by atoms with van der Waals surface area (Å²) in [6, 6.07) is 3.32. The predicted octanol–water partition coefficient (Wildman–Crippen LogP) is 1.10. The second-order valence-electron chi connectivity index (χ2n) is 3.98. The van der Waals surface area contributed by atoms with Gasteiger partial charge in [-0.1, -0.05) is 0 Å². The number of nitrogens with one attached hydrogen (secondary N) is 1. The summed E-state index contributed by atoms with van der Waals surface area (Å²) in [7, 11) is -3.68. The van der Waals surface area contributed by atoms with Crippen molar-refractivity contribution in [2.75, 3.05) is 12.3 Å². The third-order valence-electron chi connectivity index (χ3n) is 2.52. The molecule has 1 fully saturated rings. The van der Waals surface area contributed by atoms with Crippen LogP contribution in [0, 0.1) is 11.7 Å². The highest BCUT2D eigenvalue weighted by atomic mass is 32.2. The minimum atomic E-state index is -3.68. The van der Waals surface area contributed by atoms with E-state index in [0.29, 0.717) is 12.5 Å². The first-order chi connectivity index (χ1) is 7.49. The summed E-state index contributed by atoms with van der Waals surface area (Å²) in [6.07, 6.45) is 2.09. The van der Waals surface area contributed by atoms with Gasteiger partial charge in [-0.3, -0.25) is 0 Å². The Morgan fingerprint density at radius 1 is 1.44 bits per heavy atom. The molecule has 2 rings (SSSR count). The van der Waals surface area contributed by atoms with E-state index in [0.717, 1.165) is 25.0 Å². The third-order valence-corrected chi connectivity index (χ3v) is 4.00. The van der Waals surface area contributed by atoms with Gasteiger partial charge in [0.15, 0.2) is 0 Å². The van der Waals surface area contributed by atoms with Crippen molar-refractivity contribution >= 4 is 15.7 Å². The lowest BCUT2D eigenvalue weighted by atomic mass is 10.3. The van der Waals surface area contributed by atoms with Gasteiger partial charge in [0.05, 0.1) is 5.69 Å². The van der Waals surface area contributed by atoms with E-state index in [9.17, 15) is 12.8 Å². The van der Waals surface area contributed by atoms with Crippen LogP contribution in [0.15, 0.2) is 23.1 Å². The van der Waals surface area contributed by atoms with Gasteiger partial charge in [0.25, 0.3) is 0 Å². The van der Waals surface area contributed by atoms with Crippen LogP contribution in [-0.4, -0.2) is 15.0 Å². The molecule has 1 saturated carbocycles. The fourth-order valence-corrected chi connectivity index (χ4v) is 2.62. The van der Waals surface area contributed by atoms with Crippen LogP contribution >= 0.6 is 0 Å². The number of benzene rings is 1. The SMILES string of the molecule is Nc1ccc(F)cc1S(=O)(=O)NCC1CC1. The highest BCUT2D eigenvalue weighted by molar-refractivity contribution is 7.89. The Bertz CT molecular complexity index is 498. The molecular weight excluding hydrogens is 231 g/mol. The molecule has 0 bridgehead atoms. The van der Waals surface area contributed by atoms with E-state index in [1.165, 1.54) is 6.07 Å². The molecule has 1 aromatic rings. The molecule has 0 unspecified atom stereocenters. The van der Waals surface area contributed by atoms with Gasteiger partial charge < -0.3 is 5.73 Å². The molecule has 0 aliphatic heterocycles. The smallest absolute Gasteiger partial charge is 0.242 e. The first-order valence-electron chi connectivity index (χ1n) is 5.04. The Morgan fingerprint density at radius 2 is 2.12 bits per heavy atom. The number of halogens is 1. The van der Waals surface area contributed by atoms with Crippen LogP contribution in [0.3, 0.4) is 0 Å². The average molecular weight is 244 g/mol. The normalized spacial score (nSPS) is 16.3. The lowest BCUT2D eigenvalue weighted by Crippen LogP contribution is -2.26. The van der Waals surface area contributed by atoms with E-state index in [1.807, 2.05) is 0 Å². The molecule has 0 atom stereocenters. The van der Waals surface area contributed by atoms with Crippen molar-refractivity contribution in [2.24, 2.45) is 5.92 Å². The first-order valence-corrected chi connectivity index (χ1v) is 6.52. The Labute approximate surface area is 93.7 Å². The van der Waals surface area contributed by atoms with Gasteiger partial charge >= 0.3 is 0 Å². The summed E-state index contributed by atoms with van der Waals surface area (Å²) in [5.41, 5.74) is 5.57. The highest BCUT2D eigenvalue weighted by Crippen LogP contribution is 2.28. The summed E-state index contributed by atoms with van der Waals surface area (Å²) in [5.74, 6) is -0.189. The fourth-order valence-electron chi connectivity index (χ4n) is 1.37. The summed E-state index contributed by atoms with van der Waals surface area (Å²) >= 11 is 0. The molecule has 4 nitrogen and oxygen atoms in total. The Morgan fingerprint density at radius 3 is 2.75 bits per heavy atom. The van der Waals surface area contributed by atoms with Crippen molar-refractivity contribution in [2.45, 2.75) is 17.7 Å². The van der Waals surface area contributed by atoms with E-state index >= 15 is 0 Å². The van der Waals surface area contributed by atoms with Gasteiger partial charge in [-0.25, -0.2) is 17.5 Å².